The van der Waals surface area contributed by atoms with Crippen molar-refractivity contribution in [1.29, 1.82) is 5.41 Å². The van der Waals surface area contributed by atoms with E-state index in [0.717, 1.165) is 29.7 Å². The third-order valence-corrected chi connectivity index (χ3v) is 9.99. The zero-order valence-electron chi connectivity index (χ0n) is 29.9. The van der Waals surface area contributed by atoms with Crippen LogP contribution in [0.15, 0.2) is 42.5 Å². The van der Waals surface area contributed by atoms with Crippen LogP contribution in [0.5, 0.6) is 11.5 Å². The van der Waals surface area contributed by atoms with Gasteiger partial charge in [-0.15, -0.1) is 11.8 Å². The zero-order valence-corrected chi connectivity index (χ0v) is 30.7. The highest BCUT2D eigenvalue weighted by molar-refractivity contribution is 8.13. The molecule has 1 saturated heterocycles. The quantitative estimate of drug-likeness (QED) is 0.147. The number of piperidine rings is 1. The average Bonchev–Trinajstić information content (AvgIpc) is 3.45. The van der Waals surface area contributed by atoms with Crippen molar-refractivity contribution in [1.82, 2.24) is 19.4 Å². The van der Waals surface area contributed by atoms with E-state index >= 15 is 0 Å². The van der Waals surface area contributed by atoms with Crippen LogP contribution in [-0.2, 0) is 32.2 Å². The Morgan fingerprint density at radius 2 is 1.64 bits per heavy atom. The van der Waals surface area contributed by atoms with Crippen LogP contribution in [-0.4, -0.2) is 93.6 Å². The summed E-state index contributed by atoms with van der Waals surface area (Å²) in [7, 11) is 3.24. The van der Waals surface area contributed by atoms with Crippen molar-refractivity contribution in [2.75, 3.05) is 33.5 Å². The van der Waals surface area contributed by atoms with Crippen molar-refractivity contribution in [2.24, 2.45) is 5.92 Å². The first-order valence-electron chi connectivity index (χ1n) is 17.2. The Hall–Kier alpha value is -4.26. The zero-order chi connectivity index (χ0) is 36.0. The van der Waals surface area contributed by atoms with E-state index in [4.69, 9.17) is 29.3 Å². The summed E-state index contributed by atoms with van der Waals surface area (Å²) in [5, 5.41) is 8.72. The molecule has 2 fully saturated rings. The fourth-order valence-electron chi connectivity index (χ4n) is 6.48. The van der Waals surface area contributed by atoms with Gasteiger partial charge in [-0.3, -0.25) is 15.0 Å². The topological polar surface area (TPSA) is 136 Å². The van der Waals surface area contributed by atoms with E-state index < -0.39 is 5.60 Å². The molecule has 0 atom stereocenters. The van der Waals surface area contributed by atoms with E-state index in [1.165, 1.54) is 18.9 Å². The number of aromatic nitrogens is 2. The summed E-state index contributed by atoms with van der Waals surface area (Å²) in [6.07, 6.45) is 5.89. The number of thioether (sulfide) groups is 1. The number of nitrogens with one attached hydrogen (secondary N) is 1. The van der Waals surface area contributed by atoms with Gasteiger partial charge in [-0.1, -0.05) is 6.07 Å². The first-order valence-corrected chi connectivity index (χ1v) is 18.4. The lowest BCUT2D eigenvalue weighted by molar-refractivity contribution is -0.147. The van der Waals surface area contributed by atoms with Crippen molar-refractivity contribution in [2.45, 2.75) is 90.2 Å². The van der Waals surface area contributed by atoms with Gasteiger partial charge in [-0.2, -0.15) is 0 Å². The number of carbonyl (C=O) groups excluding carboxylic acids is 3. The van der Waals surface area contributed by atoms with Crippen molar-refractivity contribution in [3.8, 4) is 11.5 Å². The van der Waals surface area contributed by atoms with Gasteiger partial charge < -0.3 is 33.3 Å². The Bertz CT molecular complexity index is 1670. The fraction of sp³-hybridized carbons (Fsp3) is 0.541. The molecule has 2 amide bonds. The van der Waals surface area contributed by atoms with Gasteiger partial charge in [-0.05, 0) is 89.1 Å². The fourth-order valence-corrected chi connectivity index (χ4v) is 6.84. The van der Waals surface area contributed by atoms with E-state index in [-0.39, 0.29) is 49.2 Å². The van der Waals surface area contributed by atoms with Crippen molar-refractivity contribution in [3.05, 3.63) is 53.9 Å². The first kappa shape index (κ1) is 37.0. The third kappa shape index (κ3) is 9.29. The van der Waals surface area contributed by atoms with Crippen LogP contribution in [0.3, 0.4) is 0 Å². The average molecular weight is 708 g/mol. The molecule has 0 bridgehead atoms. The number of rotatable bonds is 10. The minimum Gasteiger partial charge on any atom is -0.490 e. The first-order chi connectivity index (χ1) is 23.8. The van der Waals surface area contributed by atoms with Gasteiger partial charge in [0, 0.05) is 44.6 Å². The van der Waals surface area contributed by atoms with Gasteiger partial charge in [0.15, 0.2) is 0 Å². The van der Waals surface area contributed by atoms with E-state index in [1.807, 2.05) is 81.1 Å². The summed E-state index contributed by atoms with van der Waals surface area (Å²) in [5.74, 6) is 1.61. The summed E-state index contributed by atoms with van der Waals surface area (Å²) in [6.45, 7) is 6.97. The number of benzene rings is 2. The lowest BCUT2D eigenvalue weighted by Gasteiger charge is -2.34. The van der Waals surface area contributed by atoms with Crippen LogP contribution in [0.1, 0.15) is 70.7 Å². The molecule has 50 heavy (non-hydrogen) atoms. The van der Waals surface area contributed by atoms with Gasteiger partial charge in [-0.25, -0.2) is 9.78 Å². The number of likely N-dealkylation sites (N-methyl/N-ethyl adjacent to an activating group) is 1. The van der Waals surface area contributed by atoms with Gasteiger partial charge in [0.1, 0.15) is 42.2 Å². The molecule has 1 N–H and O–H groups in total. The Labute approximate surface area is 298 Å². The van der Waals surface area contributed by atoms with E-state index in [9.17, 15) is 14.4 Å². The highest BCUT2D eigenvalue weighted by Gasteiger charge is 2.31. The standard InChI is InChI=1S/C37H49N5O7S/c1-37(2,3)49-36(45)41-19-17-29(18-20-41)48-28-14-12-27(13-15-28)47-23-32-39-30-21-25(34(38)50-6)9-16-31(30)42(32)22-33(43)40(4)26-10-7-24(8-11-26)35(44)46-5/h9,12-16,21,24,26,29,38H,7-8,10-11,17-20,22-23H2,1-6H3/t24-,26-. The number of likely N-dealkylation sites (tertiary alicyclic amines) is 1. The van der Waals surface area contributed by atoms with E-state index in [0.29, 0.717) is 60.9 Å². The second-order valence-corrected chi connectivity index (χ2v) is 14.7. The molecule has 1 aromatic heterocycles. The second kappa shape index (κ2) is 16.2. The lowest BCUT2D eigenvalue weighted by atomic mass is 9.85. The number of methoxy groups -OCH3 is 1. The molecule has 12 nitrogen and oxygen atoms in total. The monoisotopic (exact) mass is 707 g/mol. The van der Waals surface area contributed by atoms with Crippen molar-refractivity contribution < 1.29 is 33.3 Å². The van der Waals surface area contributed by atoms with Crippen LogP contribution in [0, 0.1) is 11.3 Å². The number of hydrogen-bond acceptors (Lipinski definition) is 10. The Morgan fingerprint density at radius 3 is 2.26 bits per heavy atom. The summed E-state index contributed by atoms with van der Waals surface area (Å²) in [6, 6.07) is 13.1. The molecule has 1 aliphatic heterocycles. The number of nitrogens with zero attached hydrogens (tertiary/aromatic N) is 4. The second-order valence-electron chi connectivity index (χ2n) is 13.9. The van der Waals surface area contributed by atoms with Gasteiger partial charge >= 0.3 is 12.1 Å². The number of carbonyl (C=O) groups is 3. The summed E-state index contributed by atoms with van der Waals surface area (Å²) < 4.78 is 24.7. The number of ether oxygens (including phenoxy) is 4. The van der Waals surface area contributed by atoms with Gasteiger partial charge in [0.05, 0.1) is 29.1 Å². The molecule has 270 valence electrons. The summed E-state index contributed by atoms with van der Waals surface area (Å²) in [5.41, 5.74) is 1.72. The Balaban J connectivity index is 1.22. The molecule has 1 saturated carbocycles. The van der Waals surface area contributed by atoms with Gasteiger partial charge in [0.2, 0.25) is 5.91 Å². The molecule has 3 aromatic rings. The number of amides is 2. The molecule has 13 heteroatoms. The van der Waals surface area contributed by atoms with Crippen molar-refractivity contribution >= 4 is 45.8 Å². The highest BCUT2D eigenvalue weighted by Crippen LogP contribution is 2.29. The molecule has 0 radical (unpaired) electrons. The molecule has 5 rings (SSSR count). The van der Waals surface area contributed by atoms with E-state index in [1.54, 1.807) is 9.80 Å². The number of fused-ring (bicyclic) bond motifs is 1. The highest BCUT2D eigenvalue weighted by atomic mass is 32.2. The lowest BCUT2D eigenvalue weighted by Crippen LogP contribution is -2.44. The van der Waals surface area contributed by atoms with E-state index in [2.05, 4.69) is 0 Å². The molecule has 0 spiro atoms. The maximum Gasteiger partial charge on any atom is 0.410 e. The predicted molar refractivity (Wildman–Crippen MR) is 193 cm³/mol. The maximum atomic E-state index is 13.6. The number of imidazole rings is 1. The van der Waals surface area contributed by atoms with Crippen LogP contribution in [0.4, 0.5) is 4.79 Å². The Kier molecular flexibility index (Phi) is 12.0. The summed E-state index contributed by atoms with van der Waals surface area (Å²) in [4.78, 5) is 46.4. The molecule has 0 unspecified atom stereocenters. The minimum atomic E-state index is -0.522. The molecule has 1 aliphatic carbocycles. The van der Waals surface area contributed by atoms with Crippen LogP contribution in [0.2, 0.25) is 0 Å². The molecular weight excluding hydrogens is 659 g/mol. The smallest absolute Gasteiger partial charge is 0.410 e. The third-order valence-electron chi connectivity index (χ3n) is 9.35. The largest absolute Gasteiger partial charge is 0.490 e. The molecular formula is C37H49N5O7S. The molecule has 2 aliphatic rings. The van der Waals surface area contributed by atoms with Crippen molar-refractivity contribution in [3.63, 3.8) is 0 Å². The number of hydrogen-bond donors (Lipinski definition) is 1. The Morgan fingerprint density at radius 1 is 0.980 bits per heavy atom. The molecule has 2 aromatic carbocycles. The normalized spacial score (nSPS) is 18.4. The molecule has 2 heterocycles. The van der Waals surface area contributed by atoms with Crippen LogP contribution >= 0.6 is 11.8 Å². The van der Waals surface area contributed by atoms with Crippen LogP contribution < -0.4 is 9.47 Å². The maximum absolute atomic E-state index is 13.6. The summed E-state index contributed by atoms with van der Waals surface area (Å²) >= 11 is 1.36. The SMILES string of the molecule is COC(=O)[C@H]1CC[C@H](N(C)C(=O)Cn2c(COc3ccc(OC4CCN(C(=O)OC(C)(C)C)CC4)cc3)nc3cc(C(=N)SC)ccc32)CC1. The van der Waals surface area contributed by atoms with Crippen LogP contribution in [0.25, 0.3) is 11.0 Å². The minimum absolute atomic E-state index is 0.00334. The predicted octanol–water partition coefficient (Wildman–Crippen LogP) is 6.27. The number of esters is 1. The van der Waals surface area contributed by atoms with Gasteiger partial charge in [0.25, 0.3) is 0 Å².